The second-order valence-corrected chi connectivity index (χ2v) is 4.84. The minimum Gasteiger partial charge on any atom is -0.387 e. The van der Waals surface area contributed by atoms with Gasteiger partial charge >= 0.3 is 0 Å². The summed E-state index contributed by atoms with van der Waals surface area (Å²) in [5.74, 6) is -0.0568. The van der Waals surface area contributed by atoms with Gasteiger partial charge in [0.2, 0.25) is 5.91 Å². The zero-order valence-corrected chi connectivity index (χ0v) is 10.8. The molecule has 1 fully saturated rings. The van der Waals surface area contributed by atoms with E-state index in [0.717, 1.165) is 19.4 Å². The first-order valence-electron chi connectivity index (χ1n) is 6.12. The summed E-state index contributed by atoms with van der Waals surface area (Å²) in [6.45, 7) is 1.06. The fourth-order valence-electron chi connectivity index (χ4n) is 2.08. The van der Waals surface area contributed by atoms with E-state index < -0.39 is 6.10 Å². The van der Waals surface area contributed by atoms with Crippen molar-refractivity contribution in [3.05, 3.63) is 34.9 Å². The Kier molecular flexibility index (Phi) is 4.58. The van der Waals surface area contributed by atoms with Crippen LogP contribution >= 0.6 is 11.6 Å². The van der Waals surface area contributed by atoms with Gasteiger partial charge in [-0.3, -0.25) is 4.79 Å². The molecule has 2 atom stereocenters. The molecule has 0 radical (unpaired) electrons. The standard InChI is InChI=1S/C13H17ClN2O2/c14-10-5-2-1-4-9(10)12(17)8-16-13(18)11-6-3-7-15-11/h1-2,4-5,11-12,15,17H,3,6-8H2,(H,16,18)/t11-,12+/m1/s1. The lowest BCUT2D eigenvalue weighted by Crippen LogP contribution is -2.41. The van der Waals surface area contributed by atoms with Crippen LogP contribution in [0.15, 0.2) is 24.3 Å². The summed E-state index contributed by atoms with van der Waals surface area (Å²) in [5, 5.41) is 16.3. The van der Waals surface area contributed by atoms with Crippen molar-refractivity contribution in [1.82, 2.24) is 10.6 Å². The molecule has 1 heterocycles. The normalized spacial score (nSPS) is 20.7. The van der Waals surface area contributed by atoms with E-state index in [4.69, 9.17) is 11.6 Å². The van der Waals surface area contributed by atoms with Crippen LogP contribution in [0.5, 0.6) is 0 Å². The molecule has 3 N–H and O–H groups in total. The molecule has 1 aromatic rings. The number of amides is 1. The van der Waals surface area contributed by atoms with Crippen molar-refractivity contribution in [2.45, 2.75) is 25.0 Å². The van der Waals surface area contributed by atoms with Crippen molar-refractivity contribution in [3.63, 3.8) is 0 Å². The monoisotopic (exact) mass is 268 g/mol. The number of rotatable bonds is 4. The average Bonchev–Trinajstić information content (AvgIpc) is 2.90. The van der Waals surface area contributed by atoms with Crippen LogP contribution in [0.4, 0.5) is 0 Å². The molecule has 98 valence electrons. The molecule has 1 aliphatic heterocycles. The minimum atomic E-state index is -0.774. The number of aliphatic hydroxyl groups excluding tert-OH is 1. The van der Waals surface area contributed by atoms with E-state index in [9.17, 15) is 9.90 Å². The highest BCUT2D eigenvalue weighted by Gasteiger charge is 2.22. The third-order valence-electron chi connectivity index (χ3n) is 3.11. The van der Waals surface area contributed by atoms with Gasteiger partial charge in [-0.2, -0.15) is 0 Å². The molecule has 1 amide bonds. The first kappa shape index (κ1) is 13.3. The van der Waals surface area contributed by atoms with Gasteiger partial charge in [0.05, 0.1) is 12.1 Å². The summed E-state index contributed by atoms with van der Waals surface area (Å²) in [6, 6.07) is 6.97. The number of aliphatic hydroxyl groups is 1. The van der Waals surface area contributed by atoms with Crippen LogP contribution < -0.4 is 10.6 Å². The van der Waals surface area contributed by atoms with Gasteiger partial charge in [0, 0.05) is 17.1 Å². The van der Waals surface area contributed by atoms with Crippen molar-refractivity contribution in [2.24, 2.45) is 0 Å². The molecule has 0 aromatic heterocycles. The van der Waals surface area contributed by atoms with Crippen molar-refractivity contribution in [1.29, 1.82) is 0 Å². The Morgan fingerprint density at radius 2 is 2.33 bits per heavy atom. The SMILES string of the molecule is O=C(NC[C@H](O)c1ccccc1Cl)[C@H]1CCCN1. The third kappa shape index (κ3) is 3.22. The van der Waals surface area contributed by atoms with Crippen LogP contribution in [0.25, 0.3) is 0 Å². The van der Waals surface area contributed by atoms with Crippen LogP contribution in [0.2, 0.25) is 5.02 Å². The van der Waals surface area contributed by atoms with Gasteiger partial charge < -0.3 is 15.7 Å². The van der Waals surface area contributed by atoms with E-state index in [2.05, 4.69) is 10.6 Å². The third-order valence-corrected chi connectivity index (χ3v) is 3.45. The Morgan fingerprint density at radius 3 is 3.00 bits per heavy atom. The topological polar surface area (TPSA) is 61.4 Å². The fraction of sp³-hybridized carbons (Fsp3) is 0.462. The summed E-state index contributed by atoms with van der Waals surface area (Å²) < 4.78 is 0. The number of hydrogen-bond acceptors (Lipinski definition) is 3. The number of benzene rings is 1. The predicted molar refractivity (Wildman–Crippen MR) is 70.4 cm³/mol. The molecule has 18 heavy (non-hydrogen) atoms. The van der Waals surface area contributed by atoms with Crippen molar-refractivity contribution in [3.8, 4) is 0 Å². The predicted octanol–water partition coefficient (Wildman–Crippen LogP) is 1.24. The van der Waals surface area contributed by atoms with Crippen LogP contribution in [0.3, 0.4) is 0 Å². The van der Waals surface area contributed by atoms with Gasteiger partial charge in [0.1, 0.15) is 0 Å². The Labute approximate surface area is 111 Å². The number of halogens is 1. The first-order valence-corrected chi connectivity index (χ1v) is 6.50. The van der Waals surface area contributed by atoms with E-state index in [1.165, 1.54) is 0 Å². The van der Waals surface area contributed by atoms with E-state index >= 15 is 0 Å². The van der Waals surface area contributed by atoms with Gasteiger partial charge in [-0.05, 0) is 25.5 Å². The Balaban J connectivity index is 1.86. The number of hydrogen-bond donors (Lipinski definition) is 3. The summed E-state index contributed by atoms with van der Waals surface area (Å²) in [7, 11) is 0. The number of carbonyl (C=O) groups excluding carboxylic acids is 1. The molecule has 0 saturated carbocycles. The lowest BCUT2D eigenvalue weighted by atomic mass is 10.1. The second kappa shape index (κ2) is 6.18. The molecule has 0 unspecified atom stereocenters. The van der Waals surface area contributed by atoms with E-state index in [1.54, 1.807) is 18.2 Å². The maximum atomic E-state index is 11.7. The Bertz CT molecular complexity index is 419. The number of nitrogens with one attached hydrogen (secondary N) is 2. The van der Waals surface area contributed by atoms with Crippen LogP contribution in [0.1, 0.15) is 24.5 Å². The highest BCUT2D eigenvalue weighted by Crippen LogP contribution is 2.21. The Hall–Kier alpha value is -1.10. The highest BCUT2D eigenvalue weighted by molar-refractivity contribution is 6.31. The lowest BCUT2D eigenvalue weighted by molar-refractivity contribution is -0.123. The fourth-order valence-corrected chi connectivity index (χ4v) is 2.35. The second-order valence-electron chi connectivity index (χ2n) is 4.43. The summed E-state index contributed by atoms with van der Waals surface area (Å²) >= 11 is 5.98. The molecular weight excluding hydrogens is 252 g/mol. The highest BCUT2D eigenvalue weighted by atomic mass is 35.5. The molecule has 4 nitrogen and oxygen atoms in total. The van der Waals surface area contributed by atoms with Crippen molar-refractivity contribution >= 4 is 17.5 Å². The van der Waals surface area contributed by atoms with E-state index in [0.29, 0.717) is 10.6 Å². The number of carbonyl (C=O) groups is 1. The molecule has 1 saturated heterocycles. The minimum absolute atomic E-state index is 0.0568. The van der Waals surface area contributed by atoms with Gasteiger partial charge in [-0.25, -0.2) is 0 Å². The smallest absolute Gasteiger partial charge is 0.237 e. The molecule has 2 rings (SSSR count). The summed E-state index contributed by atoms with van der Waals surface area (Å²) in [5.41, 5.74) is 0.638. The van der Waals surface area contributed by atoms with Crippen LogP contribution in [-0.4, -0.2) is 30.1 Å². The molecule has 5 heteroatoms. The zero-order valence-electron chi connectivity index (χ0n) is 10.0. The lowest BCUT2D eigenvalue weighted by Gasteiger charge is -2.16. The quantitative estimate of drug-likeness (QED) is 0.770. The largest absolute Gasteiger partial charge is 0.387 e. The molecule has 1 aromatic carbocycles. The molecule has 1 aliphatic rings. The molecule has 0 bridgehead atoms. The Morgan fingerprint density at radius 1 is 1.56 bits per heavy atom. The zero-order chi connectivity index (χ0) is 13.0. The molecule has 0 spiro atoms. The summed E-state index contributed by atoms with van der Waals surface area (Å²) in [4.78, 5) is 11.7. The van der Waals surface area contributed by atoms with E-state index in [1.807, 2.05) is 6.07 Å². The summed E-state index contributed by atoms with van der Waals surface area (Å²) in [6.07, 6.45) is 1.10. The van der Waals surface area contributed by atoms with Crippen LogP contribution in [-0.2, 0) is 4.79 Å². The maximum absolute atomic E-state index is 11.7. The molecule has 0 aliphatic carbocycles. The van der Waals surface area contributed by atoms with Gasteiger partial charge in [0.25, 0.3) is 0 Å². The van der Waals surface area contributed by atoms with Gasteiger partial charge in [-0.15, -0.1) is 0 Å². The van der Waals surface area contributed by atoms with Crippen molar-refractivity contribution < 1.29 is 9.90 Å². The van der Waals surface area contributed by atoms with Crippen LogP contribution in [0, 0.1) is 0 Å². The van der Waals surface area contributed by atoms with E-state index in [-0.39, 0.29) is 18.5 Å². The van der Waals surface area contributed by atoms with Gasteiger partial charge in [0.15, 0.2) is 0 Å². The first-order chi connectivity index (χ1) is 8.68. The molecular formula is C13H17ClN2O2. The average molecular weight is 269 g/mol. The maximum Gasteiger partial charge on any atom is 0.237 e. The van der Waals surface area contributed by atoms with Gasteiger partial charge in [-0.1, -0.05) is 29.8 Å². The van der Waals surface area contributed by atoms with Crippen molar-refractivity contribution in [2.75, 3.05) is 13.1 Å².